The predicted octanol–water partition coefficient (Wildman–Crippen LogP) is 0.786. The van der Waals surface area contributed by atoms with E-state index in [1.807, 2.05) is 0 Å². The normalized spacial score (nSPS) is 19.2. The van der Waals surface area contributed by atoms with Gasteiger partial charge in [-0.25, -0.2) is 0 Å². The van der Waals surface area contributed by atoms with Crippen molar-refractivity contribution in [3.05, 3.63) is 34.9 Å². The van der Waals surface area contributed by atoms with Crippen molar-refractivity contribution in [2.24, 2.45) is 0 Å². The highest BCUT2D eigenvalue weighted by Gasteiger charge is 2.15. The monoisotopic (exact) mass is 399 g/mol. The van der Waals surface area contributed by atoms with Gasteiger partial charge in [0.15, 0.2) is 0 Å². The number of hydrogen-bond acceptors (Lipinski definition) is 9. The molecular weight excluding hydrogens is 381 g/mol. The fourth-order valence-electron chi connectivity index (χ4n) is 1.98. The van der Waals surface area contributed by atoms with E-state index in [0.717, 1.165) is 21.3 Å². The zero-order chi connectivity index (χ0) is 18.6. The van der Waals surface area contributed by atoms with Crippen molar-refractivity contribution in [2.45, 2.75) is 18.5 Å². The summed E-state index contributed by atoms with van der Waals surface area (Å²) in [5.74, 6) is 0. The molecule has 0 heterocycles. The molecule has 0 fully saturated rings. The fourth-order valence-corrected chi connectivity index (χ4v) is 4.25. The molecule has 0 aliphatic heterocycles. The van der Waals surface area contributed by atoms with Gasteiger partial charge in [0.25, 0.3) is 0 Å². The van der Waals surface area contributed by atoms with E-state index in [2.05, 4.69) is 13.6 Å². The molecule has 1 rings (SSSR count). The van der Waals surface area contributed by atoms with Crippen LogP contribution in [0.3, 0.4) is 0 Å². The Labute approximate surface area is 140 Å². The maximum atomic E-state index is 11.6. The van der Waals surface area contributed by atoms with Crippen LogP contribution in [0.25, 0.3) is 0 Å². The molecule has 0 bridgehead atoms. The number of benzene rings is 1. The molecule has 0 aliphatic rings. The van der Waals surface area contributed by atoms with Crippen LogP contribution in [0, 0.1) is 0 Å². The Bertz CT molecular complexity index is 610. The molecule has 9 nitrogen and oxygen atoms in total. The van der Waals surface area contributed by atoms with Gasteiger partial charge in [-0.05, 0) is 16.7 Å². The van der Waals surface area contributed by atoms with E-state index < -0.39 is 41.3 Å². The van der Waals surface area contributed by atoms with Crippen molar-refractivity contribution in [2.75, 3.05) is 21.3 Å². The van der Waals surface area contributed by atoms with Crippen LogP contribution in [0.15, 0.2) is 18.2 Å². The van der Waals surface area contributed by atoms with E-state index in [4.69, 9.17) is 0 Å². The van der Waals surface area contributed by atoms with Gasteiger partial charge in [-0.3, -0.25) is 0 Å². The smallest absolute Gasteiger partial charge is 0.139 e. The molecule has 3 unspecified atom stereocenters. The summed E-state index contributed by atoms with van der Waals surface area (Å²) in [5.41, 5.74) is 0.611. The molecule has 1 aromatic rings. The third-order valence-electron chi connectivity index (χ3n) is 3.08. The highest BCUT2D eigenvalue weighted by Crippen LogP contribution is 2.45. The summed E-state index contributed by atoms with van der Waals surface area (Å²) < 4.78 is 47.9. The largest absolute Gasteiger partial charge is 0.778 e. The SMILES string of the molecule is COP(=O)([O-])Cc1cc(CP(=O)([O-])OC)cc(CP(=O)([O-])OC)c1. The Balaban J connectivity index is 3.26. The molecule has 12 heteroatoms. The maximum absolute atomic E-state index is 11.6. The first-order valence-corrected chi connectivity index (χ1v) is 11.8. The summed E-state index contributed by atoms with van der Waals surface area (Å²) in [6.45, 7) is 0. The predicted molar refractivity (Wildman–Crippen MR) is 81.4 cm³/mol. The Morgan fingerprint density at radius 2 is 0.875 bits per heavy atom. The second-order valence-electron chi connectivity index (χ2n) is 5.01. The van der Waals surface area contributed by atoms with Gasteiger partial charge in [-0.1, -0.05) is 18.2 Å². The van der Waals surface area contributed by atoms with Gasteiger partial charge in [0.05, 0.1) is 0 Å². The Morgan fingerprint density at radius 3 is 1.04 bits per heavy atom. The molecular formula is C12H18O9P3-3. The third kappa shape index (κ3) is 7.28. The minimum Gasteiger partial charge on any atom is -0.778 e. The van der Waals surface area contributed by atoms with Gasteiger partial charge < -0.3 is 41.9 Å². The first-order valence-electron chi connectivity index (χ1n) is 6.61. The van der Waals surface area contributed by atoms with Crippen LogP contribution >= 0.6 is 22.8 Å². The highest BCUT2D eigenvalue weighted by molar-refractivity contribution is 7.51. The van der Waals surface area contributed by atoms with Crippen molar-refractivity contribution >= 4 is 22.8 Å². The van der Waals surface area contributed by atoms with Gasteiger partial charge in [-0.15, -0.1) is 0 Å². The second-order valence-corrected chi connectivity index (χ2v) is 10.7. The van der Waals surface area contributed by atoms with Crippen LogP contribution in [0.5, 0.6) is 0 Å². The molecule has 0 aliphatic carbocycles. The van der Waals surface area contributed by atoms with E-state index in [-0.39, 0.29) is 16.7 Å². The summed E-state index contributed by atoms with van der Waals surface area (Å²) in [6, 6.07) is 4.04. The van der Waals surface area contributed by atoms with E-state index >= 15 is 0 Å². The minimum absolute atomic E-state index is 0.204. The quantitative estimate of drug-likeness (QED) is 0.549. The van der Waals surface area contributed by atoms with E-state index in [9.17, 15) is 28.4 Å². The van der Waals surface area contributed by atoms with Crippen molar-refractivity contribution in [3.8, 4) is 0 Å². The van der Waals surface area contributed by atoms with Crippen LogP contribution in [-0.4, -0.2) is 21.3 Å². The molecule has 0 radical (unpaired) electrons. The average Bonchev–Trinajstić information content (AvgIpc) is 2.45. The fraction of sp³-hybridized carbons (Fsp3) is 0.500. The van der Waals surface area contributed by atoms with Crippen molar-refractivity contribution in [1.29, 1.82) is 0 Å². The van der Waals surface area contributed by atoms with Crippen LogP contribution in [0.2, 0.25) is 0 Å². The molecule has 138 valence electrons. The Morgan fingerprint density at radius 1 is 0.667 bits per heavy atom. The third-order valence-corrected chi connectivity index (χ3v) is 7.00. The lowest BCUT2D eigenvalue weighted by Crippen LogP contribution is -2.09. The molecule has 3 atom stereocenters. The average molecular weight is 399 g/mol. The lowest BCUT2D eigenvalue weighted by atomic mass is 10.1. The molecule has 0 saturated carbocycles. The first kappa shape index (κ1) is 21.7. The van der Waals surface area contributed by atoms with Crippen molar-refractivity contribution in [3.63, 3.8) is 0 Å². The van der Waals surface area contributed by atoms with E-state index in [0.29, 0.717) is 0 Å². The molecule has 0 saturated heterocycles. The molecule has 24 heavy (non-hydrogen) atoms. The van der Waals surface area contributed by atoms with E-state index in [1.165, 1.54) is 18.2 Å². The maximum Gasteiger partial charge on any atom is 0.139 e. The lowest BCUT2D eigenvalue weighted by Gasteiger charge is -2.25. The number of hydrogen-bond donors (Lipinski definition) is 0. The zero-order valence-corrected chi connectivity index (χ0v) is 16.1. The highest BCUT2D eigenvalue weighted by atomic mass is 31.2. The second kappa shape index (κ2) is 8.37. The van der Waals surface area contributed by atoms with Crippen LogP contribution in [0.1, 0.15) is 16.7 Å². The molecule has 0 aromatic heterocycles. The summed E-state index contributed by atoms with van der Waals surface area (Å²) in [6.07, 6.45) is -1.51. The van der Waals surface area contributed by atoms with Crippen molar-refractivity contribution < 1.29 is 41.9 Å². The van der Waals surface area contributed by atoms with Gasteiger partial charge in [0.1, 0.15) is 22.8 Å². The summed E-state index contributed by atoms with van der Waals surface area (Å²) in [5, 5.41) is 0. The standard InChI is InChI=1S/C12H21O9P3/c1-19-22(13,14)7-10-4-11(8-23(15,16)20-2)6-12(5-10)9-24(17,18)21-3/h4-6H,7-9H2,1-3H3,(H,13,14)(H,15,16)(H,17,18)/p-3. The molecule has 0 N–H and O–H groups in total. The van der Waals surface area contributed by atoms with Gasteiger partial charge in [0, 0.05) is 39.8 Å². The molecule has 0 spiro atoms. The van der Waals surface area contributed by atoms with Crippen LogP contribution in [0.4, 0.5) is 0 Å². The van der Waals surface area contributed by atoms with Gasteiger partial charge in [-0.2, -0.15) is 0 Å². The minimum atomic E-state index is -4.16. The number of rotatable bonds is 9. The molecule has 1 aromatic carbocycles. The van der Waals surface area contributed by atoms with Gasteiger partial charge >= 0.3 is 0 Å². The molecule has 0 amide bonds. The Kier molecular flexibility index (Phi) is 7.57. The van der Waals surface area contributed by atoms with Crippen LogP contribution < -0.4 is 14.7 Å². The Hall–Kier alpha value is -0.330. The summed E-state index contributed by atoms with van der Waals surface area (Å²) in [7, 11) is -9.46. The van der Waals surface area contributed by atoms with Gasteiger partial charge in [0.2, 0.25) is 0 Å². The van der Waals surface area contributed by atoms with Crippen molar-refractivity contribution in [1.82, 2.24) is 0 Å². The van der Waals surface area contributed by atoms with E-state index in [1.54, 1.807) is 0 Å². The lowest BCUT2D eigenvalue weighted by molar-refractivity contribution is -0.198. The summed E-state index contributed by atoms with van der Waals surface area (Å²) in [4.78, 5) is 34.8. The first-order chi connectivity index (χ1) is 10.9. The summed E-state index contributed by atoms with van der Waals surface area (Å²) >= 11 is 0. The topological polar surface area (TPSA) is 148 Å². The van der Waals surface area contributed by atoms with Crippen LogP contribution in [-0.2, 0) is 45.8 Å². The zero-order valence-electron chi connectivity index (χ0n) is 13.4.